The lowest BCUT2D eigenvalue weighted by Gasteiger charge is -2.19. The van der Waals surface area contributed by atoms with Gasteiger partial charge in [-0.3, -0.25) is 4.79 Å². The summed E-state index contributed by atoms with van der Waals surface area (Å²) < 4.78 is 6.22. The number of thioether (sulfide) groups is 1. The molecule has 32 heavy (non-hydrogen) atoms. The van der Waals surface area contributed by atoms with Crippen LogP contribution < -0.4 is 10.7 Å². The van der Waals surface area contributed by atoms with Gasteiger partial charge in [0, 0.05) is 29.1 Å². The molecule has 2 N–H and O–H groups in total. The maximum Gasteiger partial charge on any atom is 0.337 e. The number of carbonyl (C=O) groups is 1. The van der Waals surface area contributed by atoms with Gasteiger partial charge in [-0.05, 0) is 56.0 Å². The minimum Gasteiger partial charge on any atom is -0.478 e. The number of pyridine rings is 1. The van der Waals surface area contributed by atoms with E-state index < -0.39 is 5.97 Å². The number of hydrogen-bond acceptors (Lipinski definition) is 6. The van der Waals surface area contributed by atoms with Crippen molar-refractivity contribution in [1.82, 2.24) is 4.98 Å². The highest BCUT2D eigenvalue weighted by Gasteiger charge is 2.18. The monoisotopic (exact) mass is 446 g/mol. The molecule has 0 aliphatic heterocycles. The van der Waals surface area contributed by atoms with Crippen LogP contribution in [0.5, 0.6) is 0 Å². The van der Waals surface area contributed by atoms with Gasteiger partial charge in [-0.1, -0.05) is 18.2 Å². The third-order valence-corrected chi connectivity index (χ3v) is 5.89. The number of anilines is 1. The Morgan fingerprint density at radius 1 is 1.16 bits per heavy atom. The zero-order valence-electron chi connectivity index (χ0n) is 17.9. The first-order chi connectivity index (χ1) is 15.4. The average Bonchev–Trinajstić information content (AvgIpc) is 2.79. The number of fused-ring (bicyclic) bond motifs is 1. The van der Waals surface area contributed by atoms with E-state index in [0.29, 0.717) is 28.0 Å². The molecule has 2 aromatic heterocycles. The minimum atomic E-state index is -1.01. The minimum absolute atomic E-state index is 0.140. The van der Waals surface area contributed by atoms with Crippen LogP contribution in [0.15, 0.2) is 75.0 Å². The van der Waals surface area contributed by atoms with Gasteiger partial charge in [-0.25, -0.2) is 9.78 Å². The molecule has 0 aliphatic rings. The molecule has 0 amide bonds. The molecule has 1 atom stereocenters. The summed E-state index contributed by atoms with van der Waals surface area (Å²) >= 11 is 1.54. The molecule has 2 aromatic carbocycles. The molecule has 0 saturated heterocycles. The van der Waals surface area contributed by atoms with Gasteiger partial charge in [0.15, 0.2) is 5.43 Å². The maximum atomic E-state index is 12.9. The number of carboxylic acids is 1. The molecule has 2 heterocycles. The Balaban J connectivity index is 1.82. The summed E-state index contributed by atoms with van der Waals surface area (Å²) in [5.74, 6) is -0.574. The van der Waals surface area contributed by atoms with Crippen molar-refractivity contribution in [3.05, 3.63) is 87.7 Å². The Morgan fingerprint density at radius 3 is 2.62 bits per heavy atom. The van der Waals surface area contributed by atoms with Crippen molar-refractivity contribution < 1.29 is 14.3 Å². The lowest BCUT2D eigenvalue weighted by Crippen LogP contribution is -2.12. The number of nitrogens with one attached hydrogen (secondary N) is 1. The first-order valence-corrected chi connectivity index (χ1v) is 11.3. The third kappa shape index (κ3) is 4.24. The van der Waals surface area contributed by atoms with Gasteiger partial charge >= 0.3 is 5.97 Å². The number of benzene rings is 2. The summed E-state index contributed by atoms with van der Waals surface area (Å²) in [6.07, 6.45) is 3.64. The maximum absolute atomic E-state index is 12.9. The Morgan fingerprint density at radius 2 is 1.94 bits per heavy atom. The highest BCUT2D eigenvalue weighted by Crippen LogP contribution is 2.31. The van der Waals surface area contributed by atoms with Crippen LogP contribution >= 0.6 is 11.8 Å². The molecule has 0 aliphatic carbocycles. The van der Waals surface area contributed by atoms with E-state index >= 15 is 0 Å². The van der Waals surface area contributed by atoms with Crippen molar-refractivity contribution in [2.24, 2.45) is 0 Å². The second kappa shape index (κ2) is 8.88. The van der Waals surface area contributed by atoms with Crippen molar-refractivity contribution in [2.45, 2.75) is 24.9 Å². The third-order valence-electron chi connectivity index (χ3n) is 5.23. The van der Waals surface area contributed by atoms with Crippen molar-refractivity contribution in [2.75, 3.05) is 11.6 Å². The highest BCUT2D eigenvalue weighted by molar-refractivity contribution is 7.98. The largest absolute Gasteiger partial charge is 0.478 e. The van der Waals surface area contributed by atoms with Crippen LogP contribution in [0, 0.1) is 6.92 Å². The summed E-state index contributed by atoms with van der Waals surface area (Å²) in [5.41, 5.74) is 3.41. The number of aromatic carboxylic acids is 1. The fourth-order valence-corrected chi connectivity index (χ4v) is 4.01. The van der Waals surface area contributed by atoms with Crippen LogP contribution in [0.3, 0.4) is 0 Å². The Hall–Kier alpha value is -3.58. The molecule has 4 rings (SSSR count). The summed E-state index contributed by atoms with van der Waals surface area (Å²) in [5, 5.41) is 14.1. The quantitative estimate of drug-likeness (QED) is 0.364. The van der Waals surface area contributed by atoms with Crippen molar-refractivity contribution in [3.8, 4) is 11.3 Å². The van der Waals surface area contributed by atoms with Crippen LogP contribution in [-0.4, -0.2) is 22.3 Å². The fourth-order valence-electron chi connectivity index (χ4n) is 3.65. The second-order valence-corrected chi connectivity index (χ2v) is 8.34. The van der Waals surface area contributed by atoms with Crippen LogP contribution in [0.1, 0.15) is 34.5 Å². The van der Waals surface area contributed by atoms with Crippen molar-refractivity contribution >= 4 is 34.4 Å². The number of nitrogens with zero attached hydrogens (tertiary/aromatic N) is 1. The Bertz CT molecular complexity index is 1360. The van der Waals surface area contributed by atoms with Crippen LogP contribution in [0.2, 0.25) is 0 Å². The molecule has 4 aromatic rings. The van der Waals surface area contributed by atoms with Gasteiger partial charge in [-0.15, -0.1) is 11.8 Å². The first kappa shape index (κ1) is 21.6. The number of hydrogen-bond donors (Lipinski definition) is 2. The molecule has 6 nitrogen and oxygen atoms in total. The van der Waals surface area contributed by atoms with Gasteiger partial charge in [0.25, 0.3) is 0 Å². The number of aryl methyl sites for hydroxylation is 1. The lowest BCUT2D eigenvalue weighted by atomic mass is 10.00. The average molecular weight is 447 g/mol. The molecule has 0 saturated carbocycles. The van der Waals surface area contributed by atoms with Gasteiger partial charge in [0.2, 0.25) is 0 Å². The van der Waals surface area contributed by atoms with Gasteiger partial charge < -0.3 is 14.8 Å². The molecular weight excluding hydrogens is 424 g/mol. The zero-order chi connectivity index (χ0) is 22.8. The van der Waals surface area contributed by atoms with Crippen LogP contribution in [-0.2, 0) is 0 Å². The number of rotatable bonds is 6. The van der Waals surface area contributed by atoms with E-state index in [9.17, 15) is 14.7 Å². The standard InChI is InChI=1S/C25H22N2O4S/c1-14-10-18(15(2)27-20-7-5-4-6-17(20)25(29)30)24-19(11-14)21(28)12-22(31-24)16-8-9-23(32-3)26-13-16/h4-13,15,27H,1-3H3,(H,29,30). The summed E-state index contributed by atoms with van der Waals surface area (Å²) in [7, 11) is 0. The molecule has 0 fully saturated rings. The normalized spacial score (nSPS) is 12.0. The molecular formula is C25H22N2O4S. The van der Waals surface area contributed by atoms with E-state index in [2.05, 4.69) is 10.3 Å². The van der Waals surface area contributed by atoms with Gasteiger partial charge in [0.05, 0.1) is 22.0 Å². The zero-order valence-corrected chi connectivity index (χ0v) is 18.7. The van der Waals surface area contributed by atoms with E-state index in [1.54, 1.807) is 36.5 Å². The molecule has 162 valence electrons. The predicted molar refractivity (Wildman–Crippen MR) is 128 cm³/mol. The molecule has 1 unspecified atom stereocenters. The van der Waals surface area contributed by atoms with Crippen molar-refractivity contribution in [1.29, 1.82) is 0 Å². The number of aromatic nitrogens is 1. The molecule has 7 heteroatoms. The second-order valence-electron chi connectivity index (χ2n) is 7.51. The van der Waals surface area contributed by atoms with E-state index in [-0.39, 0.29) is 17.0 Å². The van der Waals surface area contributed by atoms with Crippen molar-refractivity contribution in [3.63, 3.8) is 0 Å². The van der Waals surface area contributed by atoms with Crippen LogP contribution in [0.25, 0.3) is 22.3 Å². The smallest absolute Gasteiger partial charge is 0.337 e. The fraction of sp³-hybridized carbons (Fsp3) is 0.160. The molecule has 0 radical (unpaired) electrons. The summed E-state index contributed by atoms with van der Waals surface area (Å²) in [4.78, 5) is 28.9. The summed E-state index contributed by atoms with van der Waals surface area (Å²) in [6, 6.07) is 15.4. The highest BCUT2D eigenvalue weighted by atomic mass is 32.2. The Kier molecular flexibility index (Phi) is 6.01. The Labute approximate surface area is 189 Å². The van der Waals surface area contributed by atoms with E-state index in [4.69, 9.17) is 4.42 Å². The number of carboxylic acid groups (broad SMARTS) is 1. The molecule has 0 spiro atoms. The van der Waals surface area contributed by atoms with Gasteiger partial charge in [-0.2, -0.15) is 0 Å². The number of para-hydroxylation sites is 1. The summed E-state index contributed by atoms with van der Waals surface area (Å²) in [6.45, 7) is 3.83. The van der Waals surface area contributed by atoms with Crippen LogP contribution in [0.4, 0.5) is 5.69 Å². The SMILES string of the molecule is CSc1ccc(-c2cc(=O)c3cc(C)cc(C(C)Nc4ccccc4C(=O)O)c3o2)cn1. The first-order valence-electron chi connectivity index (χ1n) is 10.0. The van der Waals surface area contributed by atoms with E-state index in [1.165, 1.54) is 17.8 Å². The topological polar surface area (TPSA) is 92.4 Å². The van der Waals surface area contributed by atoms with E-state index in [0.717, 1.165) is 16.2 Å². The predicted octanol–water partition coefficient (Wildman–Crippen LogP) is 5.76. The van der Waals surface area contributed by atoms with E-state index in [1.807, 2.05) is 38.3 Å². The van der Waals surface area contributed by atoms with Gasteiger partial charge in [0.1, 0.15) is 11.3 Å². The molecule has 0 bridgehead atoms. The lowest BCUT2D eigenvalue weighted by molar-refractivity contribution is 0.0698.